The van der Waals surface area contributed by atoms with Crippen LogP contribution in [0.15, 0.2) is 68.8 Å². The summed E-state index contributed by atoms with van der Waals surface area (Å²) >= 11 is 1.39. The molecule has 0 unspecified atom stereocenters. The van der Waals surface area contributed by atoms with Crippen molar-refractivity contribution in [2.45, 2.75) is 11.8 Å². The van der Waals surface area contributed by atoms with Crippen LogP contribution in [0.3, 0.4) is 0 Å². The summed E-state index contributed by atoms with van der Waals surface area (Å²) in [6.07, 6.45) is 0. The zero-order valence-corrected chi connectivity index (χ0v) is 13.3. The Balaban J connectivity index is 1.81. The molecule has 1 aromatic heterocycles. The Morgan fingerprint density at radius 1 is 1.13 bits per heavy atom. The first kappa shape index (κ1) is 15.3. The second kappa shape index (κ2) is 6.66. The molecule has 0 bridgehead atoms. The molecule has 23 heavy (non-hydrogen) atoms. The van der Waals surface area contributed by atoms with Gasteiger partial charge in [-0.05, 0) is 29.0 Å². The predicted molar refractivity (Wildman–Crippen MR) is 87.1 cm³/mol. The van der Waals surface area contributed by atoms with Gasteiger partial charge in [-0.1, -0.05) is 35.9 Å². The molecular formula is C17H15N2O3S+. The number of Topliss-reactive ketones (excluding diaryl/α,β-unsaturated/α-hetero) is 1. The van der Waals surface area contributed by atoms with Gasteiger partial charge in [-0.2, -0.15) is 0 Å². The van der Waals surface area contributed by atoms with E-state index < -0.39 is 5.63 Å². The molecule has 5 nitrogen and oxygen atoms in total. The minimum atomic E-state index is -0.664. The maximum absolute atomic E-state index is 12.4. The quantitative estimate of drug-likeness (QED) is 0.444. The van der Waals surface area contributed by atoms with Crippen LogP contribution in [0.5, 0.6) is 0 Å². The molecule has 0 aliphatic carbocycles. The maximum atomic E-state index is 12.4. The molecule has 0 radical (unpaired) electrons. The van der Waals surface area contributed by atoms with Crippen LogP contribution in [-0.2, 0) is 0 Å². The van der Waals surface area contributed by atoms with Gasteiger partial charge < -0.3 is 0 Å². The number of carbonyl (C=O) groups excluding carboxylic acids is 1. The zero-order chi connectivity index (χ0) is 16.2. The molecule has 3 aromatic rings. The molecule has 116 valence electrons. The van der Waals surface area contributed by atoms with Gasteiger partial charge in [-0.15, -0.1) is 11.8 Å². The average Bonchev–Trinajstić information content (AvgIpc) is 2.96. The number of thioether (sulfide) groups is 1. The molecule has 6 heteroatoms. The van der Waals surface area contributed by atoms with Crippen molar-refractivity contribution in [3.63, 3.8) is 0 Å². The van der Waals surface area contributed by atoms with E-state index in [-0.39, 0.29) is 17.2 Å². The Labute approximate surface area is 136 Å². The third-order valence-electron chi connectivity index (χ3n) is 3.32. The minimum Gasteiger partial charge on any atom is -0.286 e. The first-order chi connectivity index (χ1) is 11.1. The van der Waals surface area contributed by atoms with Crippen LogP contribution in [0.2, 0.25) is 0 Å². The smallest absolute Gasteiger partial charge is 0.286 e. The number of nitrogens with zero attached hydrogens (tertiary/aromatic N) is 1. The van der Waals surface area contributed by atoms with Crippen molar-refractivity contribution in [2.75, 3.05) is 5.75 Å². The first-order valence-corrected chi connectivity index (χ1v) is 8.05. The van der Waals surface area contributed by atoms with E-state index in [1.54, 1.807) is 12.1 Å². The molecule has 0 atom stereocenters. The summed E-state index contributed by atoms with van der Waals surface area (Å²) in [5, 5.41) is 2.48. The van der Waals surface area contributed by atoms with Gasteiger partial charge in [0.25, 0.3) is 0 Å². The number of rotatable bonds is 5. The summed E-state index contributed by atoms with van der Waals surface area (Å²) < 4.78 is 6.17. The van der Waals surface area contributed by atoms with Crippen LogP contribution in [0.1, 0.15) is 16.1 Å². The zero-order valence-electron chi connectivity index (χ0n) is 12.5. The lowest BCUT2D eigenvalue weighted by molar-refractivity contribution is -0.672. The molecule has 0 saturated carbocycles. The third-order valence-corrected chi connectivity index (χ3v) is 4.33. The minimum absolute atomic E-state index is 0.00388. The highest BCUT2D eigenvalue weighted by Gasteiger charge is 2.30. The van der Waals surface area contributed by atoms with E-state index in [1.807, 2.05) is 49.4 Å². The molecule has 0 aliphatic heterocycles. The van der Waals surface area contributed by atoms with Crippen molar-refractivity contribution in [1.29, 1.82) is 0 Å². The van der Waals surface area contributed by atoms with Crippen molar-refractivity contribution in [2.24, 2.45) is 0 Å². The summed E-state index contributed by atoms with van der Waals surface area (Å²) in [4.78, 5) is 25.3. The van der Waals surface area contributed by atoms with Gasteiger partial charge in [0.2, 0.25) is 11.5 Å². The fourth-order valence-corrected chi connectivity index (χ4v) is 2.88. The highest BCUT2D eigenvalue weighted by atomic mass is 32.2. The van der Waals surface area contributed by atoms with Gasteiger partial charge in [0, 0.05) is 17.0 Å². The molecule has 0 saturated heterocycles. The Hall–Kier alpha value is -2.60. The van der Waals surface area contributed by atoms with Crippen molar-refractivity contribution in [1.82, 2.24) is 5.27 Å². The highest BCUT2D eigenvalue weighted by molar-refractivity contribution is 8.00. The Morgan fingerprint density at radius 3 is 2.52 bits per heavy atom. The van der Waals surface area contributed by atoms with Gasteiger partial charge in [-0.25, -0.2) is 4.79 Å². The highest BCUT2D eigenvalue weighted by Crippen LogP contribution is 2.18. The summed E-state index contributed by atoms with van der Waals surface area (Å²) in [6, 6.07) is 17.0. The van der Waals surface area contributed by atoms with Crippen LogP contribution in [-0.4, -0.2) is 16.8 Å². The SMILES string of the molecule is Cc1ccc(SCC(=O)c2c(=O)o[nH][n+]2-c2ccccc2)cc1. The van der Waals surface area contributed by atoms with Crippen LogP contribution in [0.4, 0.5) is 0 Å². The van der Waals surface area contributed by atoms with E-state index >= 15 is 0 Å². The first-order valence-electron chi connectivity index (χ1n) is 7.07. The molecule has 2 aromatic carbocycles. The second-order valence-electron chi connectivity index (χ2n) is 5.03. The van der Waals surface area contributed by atoms with E-state index in [9.17, 15) is 9.59 Å². The van der Waals surface area contributed by atoms with Crippen LogP contribution in [0, 0.1) is 6.92 Å². The van der Waals surface area contributed by atoms with Gasteiger partial charge in [0.1, 0.15) is 0 Å². The summed E-state index contributed by atoms with van der Waals surface area (Å²) in [5.74, 6) is -0.118. The Kier molecular flexibility index (Phi) is 4.43. The predicted octanol–water partition coefficient (Wildman–Crippen LogP) is 2.53. The molecule has 1 N–H and O–H groups in total. The third kappa shape index (κ3) is 3.43. The monoisotopic (exact) mass is 327 g/mol. The summed E-state index contributed by atoms with van der Waals surface area (Å²) in [6.45, 7) is 2.01. The van der Waals surface area contributed by atoms with E-state index in [0.717, 1.165) is 10.5 Å². The summed E-state index contributed by atoms with van der Waals surface area (Å²) in [7, 11) is 0. The van der Waals surface area contributed by atoms with Crippen molar-refractivity contribution >= 4 is 17.5 Å². The number of para-hydroxylation sites is 1. The molecular weight excluding hydrogens is 312 g/mol. The van der Waals surface area contributed by atoms with Crippen molar-refractivity contribution < 1.29 is 14.0 Å². The van der Waals surface area contributed by atoms with Crippen molar-refractivity contribution in [3.05, 3.63) is 76.3 Å². The van der Waals surface area contributed by atoms with Gasteiger partial charge in [0.05, 0.1) is 5.75 Å². The molecule has 3 rings (SSSR count). The number of aromatic amines is 1. The molecule has 1 heterocycles. The standard InChI is InChI=1S/C17H14N2O3S/c1-12-7-9-14(10-8-12)23-11-15(20)16-17(21)22-18-19(16)13-5-3-2-4-6-13/h2-10H,11H2,1H3/p+1. The van der Waals surface area contributed by atoms with Gasteiger partial charge in [0.15, 0.2) is 0 Å². The number of carbonyl (C=O) groups is 1. The fraction of sp³-hybridized carbons (Fsp3) is 0.118. The second-order valence-corrected chi connectivity index (χ2v) is 6.07. The molecule has 0 amide bonds. The normalized spacial score (nSPS) is 10.7. The fourth-order valence-electron chi connectivity index (χ4n) is 2.12. The summed E-state index contributed by atoms with van der Waals surface area (Å²) in [5.41, 5.74) is 1.16. The number of aromatic nitrogens is 2. The molecule has 0 aliphatic rings. The average molecular weight is 327 g/mol. The van der Waals surface area contributed by atoms with Crippen LogP contribution >= 0.6 is 11.8 Å². The lowest BCUT2D eigenvalue weighted by Crippen LogP contribution is -2.41. The number of hydrogen-bond acceptors (Lipinski definition) is 4. The molecule has 0 spiro atoms. The lowest BCUT2D eigenvalue weighted by Gasteiger charge is -1.99. The van der Waals surface area contributed by atoms with Crippen LogP contribution in [0.25, 0.3) is 5.69 Å². The Bertz CT molecular complexity index is 867. The number of benzene rings is 2. The van der Waals surface area contributed by atoms with Gasteiger partial charge in [-0.3, -0.25) is 9.32 Å². The Morgan fingerprint density at radius 2 is 1.83 bits per heavy atom. The van der Waals surface area contributed by atoms with E-state index in [1.165, 1.54) is 16.4 Å². The van der Waals surface area contributed by atoms with E-state index in [4.69, 9.17) is 4.52 Å². The van der Waals surface area contributed by atoms with Crippen molar-refractivity contribution in [3.8, 4) is 5.69 Å². The topological polar surface area (TPSA) is 67.0 Å². The number of aryl methyl sites for hydroxylation is 1. The largest absolute Gasteiger partial charge is 0.438 e. The number of H-pyrrole nitrogens is 1. The number of nitrogens with one attached hydrogen (secondary N) is 1. The number of ketones is 1. The van der Waals surface area contributed by atoms with Gasteiger partial charge >= 0.3 is 11.3 Å². The van der Waals surface area contributed by atoms with E-state index in [0.29, 0.717) is 5.69 Å². The van der Waals surface area contributed by atoms with E-state index in [2.05, 4.69) is 5.27 Å². The molecule has 0 fully saturated rings. The maximum Gasteiger partial charge on any atom is 0.438 e. The van der Waals surface area contributed by atoms with Crippen LogP contribution < -0.4 is 10.3 Å². The number of hydrogen-bond donors (Lipinski definition) is 1. The lowest BCUT2D eigenvalue weighted by atomic mass is 10.2.